The molecule has 0 bridgehead atoms. The van der Waals surface area contributed by atoms with E-state index in [1.165, 1.54) is 0 Å². The van der Waals surface area contributed by atoms with E-state index < -0.39 is 12.0 Å². The highest BCUT2D eigenvalue weighted by molar-refractivity contribution is 5.76. The molecular weight excluding hydrogens is 146 g/mol. The molecular formula is C6H9N3O2. The van der Waals surface area contributed by atoms with Crippen LogP contribution in [-0.4, -0.2) is 22.2 Å². The zero-order valence-corrected chi connectivity index (χ0v) is 6.07. The van der Waals surface area contributed by atoms with E-state index in [9.17, 15) is 4.79 Å². The molecule has 0 aromatic carbocycles. The lowest BCUT2D eigenvalue weighted by atomic mass is 10.4. The zero-order chi connectivity index (χ0) is 8.27. The Kier molecular flexibility index (Phi) is 2.22. The quantitative estimate of drug-likeness (QED) is 0.572. The first-order chi connectivity index (χ1) is 5.20. The highest BCUT2D eigenvalue weighted by Gasteiger charge is 2.10. The Morgan fingerprint density at radius 1 is 1.91 bits per heavy atom. The number of rotatable bonds is 2. The lowest BCUT2D eigenvalue weighted by Gasteiger charge is -2.01. The van der Waals surface area contributed by atoms with Crippen molar-refractivity contribution in [3.63, 3.8) is 0 Å². The molecule has 5 nitrogen and oxygen atoms in total. The number of nitrogens with one attached hydrogen (secondary N) is 1. The van der Waals surface area contributed by atoms with Gasteiger partial charge in [0.05, 0.1) is 0 Å². The van der Waals surface area contributed by atoms with Crippen LogP contribution < -0.4 is 10.5 Å². The third-order valence-corrected chi connectivity index (χ3v) is 1.05. The van der Waals surface area contributed by atoms with E-state index in [2.05, 4.69) is 10.2 Å². The van der Waals surface area contributed by atoms with Gasteiger partial charge in [0.15, 0.2) is 0 Å². The number of hydrogen-bond acceptors (Lipinski definition) is 4. The van der Waals surface area contributed by atoms with Crippen molar-refractivity contribution in [1.29, 1.82) is 0 Å². The molecule has 0 aliphatic heterocycles. The van der Waals surface area contributed by atoms with Crippen molar-refractivity contribution in [2.24, 2.45) is 5.73 Å². The fourth-order valence-corrected chi connectivity index (χ4v) is 0.500. The minimum absolute atomic E-state index is 0.243. The Hall–Kier alpha value is -1.36. The maximum Gasteiger partial charge on any atom is 0.329 e. The number of H-pyrrole nitrogens is 1. The molecule has 11 heavy (non-hydrogen) atoms. The summed E-state index contributed by atoms with van der Waals surface area (Å²) in [4.78, 5) is 10.8. The molecule has 0 saturated carbocycles. The summed E-state index contributed by atoms with van der Waals surface area (Å²) in [5.41, 5.74) is 5.24. The van der Waals surface area contributed by atoms with Crippen LogP contribution in [0.5, 0.6) is 5.88 Å². The average molecular weight is 155 g/mol. The van der Waals surface area contributed by atoms with E-state index in [1.807, 2.05) is 0 Å². The van der Waals surface area contributed by atoms with Crippen LogP contribution in [0.3, 0.4) is 0 Å². The Morgan fingerprint density at radius 3 is 3.09 bits per heavy atom. The van der Waals surface area contributed by atoms with E-state index in [0.717, 1.165) is 0 Å². The standard InChI is InChI=1S/C6H9N3O2/c1-4(7)6(10)11-5-2-3-8-9-5/h2-4H,7H2,1H3,(H,8,9)/t4-/m0/s1. The summed E-state index contributed by atoms with van der Waals surface area (Å²) in [6, 6.07) is 0.923. The fraction of sp³-hybridized carbons (Fsp3) is 0.333. The summed E-state index contributed by atoms with van der Waals surface area (Å²) < 4.78 is 4.71. The summed E-state index contributed by atoms with van der Waals surface area (Å²) in [6.45, 7) is 1.55. The van der Waals surface area contributed by atoms with Gasteiger partial charge in [-0.25, -0.2) is 4.79 Å². The topological polar surface area (TPSA) is 81.0 Å². The number of nitrogens with zero attached hydrogens (tertiary/aromatic N) is 1. The van der Waals surface area contributed by atoms with Gasteiger partial charge in [-0.1, -0.05) is 0 Å². The molecule has 0 radical (unpaired) electrons. The molecule has 0 saturated heterocycles. The van der Waals surface area contributed by atoms with Crippen LogP contribution in [0.1, 0.15) is 6.92 Å². The molecule has 0 aliphatic rings. The molecule has 3 N–H and O–H groups in total. The fourth-order valence-electron chi connectivity index (χ4n) is 0.500. The molecule has 1 aromatic rings. The molecule has 0 spiro atoms. The molecule has 0 unspecified atom stereocenters. The summed E-state index contributed by atoms with van der Waals surface area (Å²) in [6.07, 6.45) is 1.56. The number of aromatic nitrogens is 2. The zero-order valence-electron chi connectivity index (χ0n) is 6.07. The second kappa shape index (κ2) is 3.16. The van der Waals surface area contributed by atoms with E-state index >= 15 is 0 Å². The SMILES string of the molecule is C[C@H](N)C(=O)Oc1cc[nH]n1. The van der Waals surface area contributed by atoms with E-state index in [4.69, 9.17) is 10.5 Å². The van der Waals surface area contributed by atoms with Crippen molar-refractivity contribution in [2.45, 2.75) is 13.0 Å². The largest absolute Gasteiger partial charge is 0.405 e. The third-order valence-electron chi connectivity index (χ3n) is 1.05. The van der Waals surface area contributed by atoms with Crippen LogP contribution >= 0.6 is 0 Å². The smallest absolute Gasteiger partial charge is 0.329 e. The predicted octanol–water partition coefficient (Wildman–Crippen LogP) is -0.338. The molecule has 1 rings (SSSR count). The summed E-state index contributed by atoms with van der Waals surface area (Å²) in [5, 5.41) is 6.12. The number of hydrogen-bond donors (Lipinski definition) is 2. The minimum atomic E-state index is -0.619. The van der Waals surface area contributed by atoms with Gasteiger partial charge < -0.3 is 10.5 Å². The second-order valence-electron chi connectivity index (χ2n) is 2.12. The average Bonchev–Trinajstić information content (AvgIpc) is 2.39. The van der Waals surface area contributed by atoms with Gasteiger partial charge in [0.2, 0.25) is 5.88 Å². The van der Waals surface area contributed by atoms with Crippen LogP contribution in [0.15, 0.2) is 12.3 Å². The Morgan fingerprint density at radius 2 is 2.64 bits per heavy atom. The Labute approximate surface area is 63.5 Å². The molecule has 60 valence electrons. The summed E-state index contributed by atoms with van der Waals surface area (Å²) in [5.74, 6) is -0.246. The number of carbonyl (C=O) groups is 1. The number of carbonyl (C=O) groups excluding carboxylic acids is 1. The molecule has 0 fully saturated rings. The van der Waals surface area contributed by atoms with Gasteiger partial charge in [0.25, 0.3) is 0 Å². The predicted molar refractivity (Wildman–Crippen MR) is 37.9 cm³/mol. The van der Waals surface area contributed by atoms with Gasteiger partial charge in [-0.3, -0.25) is 5.10 Å². The first kappa shape index (κ1) is 7.74. The normalized spacial score (nSPS) is 12.5. The van der Waals surface area contributed by atoms with Crippen molar-refractivity contribution < 1.29 is 9.53 Å². The van der Waals surface area contributed by atoms with Crippen molar-refractivity contribution in [2.75, 3.05) is 0 Å². The maximum atomic E-state index is 10.8. The van der Waals surface area contributed by atoms with Crippen molar-refractivity contribution >= 4 is 5.97 Å². The minimum Gasteiger partial charge on any atom is -0.405 e. The molecule has 0 amide bonds. The van der Waals surface area contributed by atoms with Crippen LogP contribution in [0.4, 0.5) is 0 Å². The van der Waals surface area contributed by atoms with Gasteiger partial charge in [0, 0.05) is 12.3 Å². The lowest BCUT2D eigenvalue weighted by Crippen LogP contribution is -2.30. The number of nitrogens with two attached hydrogens (primary N) is 1. The third kappa shape index (κ3) is 2.05. The van der Waals surface area contributed by atoms with E-state index in [-0.39, 0.29) is 5.88 Å². The van der Waals surface area contributed by atoms with Crippen LogP contribution in [0, 0.1) is 0 Å². The summed E-state index contributed by atoms with van der Waals surface area (Å²) in [7, 11) is 0. The maximum absolute atomic E-state index is 10.8. The van der Waals surface area contributed by atoms with Gasteiger partial charge in [-0.2, -0.15) is 0 Å². The molecule has 5 heteroatoms. The molecule has 1 atom stereocenters. The van der Waals surface area contributed by atoms with Crippen LogP contribution in [-0.2, 0) is 4.79 Å². The summed E-state index contributed by atoms with van der Waals surface area (Å²) >= 11 is 0. The van der Waals surface area contributed by atoms with Crippen LogP contribution in [0.25, 0.3) is 0 Å². The van der Waals surface area contributed by atoms with Gasteiger partial charge in [0.1, 0.15) is 6.04 Å². The number of ether oxygens (including phenoxy) is 1. The van der Waals surface area contributed by atoms with Gasteiger partial charge in [-0.05, 0) is 6.92 Å². The van der Waals surface area contributed by atoms with Crippen molar-refractivity contribution in [3.8, 4) is 5.88 Å². The molecule has 0 aliphatic carbocycles. The van der Waals surface area contributed by atoms with Gasteiger partial charge in [-0.15, -0.1) is 5.10 Å². The highest BCUT2D eigenvalue weighted by Crippen LogP contribution is 2.02. The second-order valence-corrected chi connectivity index (χ2v) is 2.12. The van der Waals surface area contributed by atoms with E-state index in [1.54, 1.807) is 19.2 Å². The highest BCUT2D eigenvalue weighted by atomic mass is 16.5. The molecule has 1 aromatic heterocycles. The number of esters is 1. The van der Waals surface area contributed by atoms with E-state index in [0.29, 0.717) is 0 Å². The lowest BCUT2D eigenvalue weighted by molar-refractivity contribution is -0.135. The Balaban J connectivity index is 2.50. The van der Waals surface area contributed by atoms with Crippen molar-refractivity contribution in [1.82, 2.24) is 10.2 Å². The first-order valence-corrected chi connectivity index (χ1v) is 3.17. The molecule has 1 heterocycles. The van der Waals surface area contributed by atoms with Crippen LogP contribution in [0.2, 0.25) is 0 Å². The monoisotopic (exact) mass is 155 g/mol. The van der Waals surface area contributed by atoms with Crippen molar-refractivity contribution in [3.05, 3.63) is 12.3 Å². The first-order valence-electron chi connectivity index (χ1n) is 3.17. The van der Waals surface area contributed by atoms with Gasteiger partial charge >= 0.3 is 5.97 Å². The Bertz CT molecular complexity index is 230. The number of aromatic amines is 1.